The highest BCUT2D eigenvalue weighted by atomic mass is 16.5. The Labute approximate surface area is 102 Å². The number of nitriles is 1. The summed E-state index contributed by atoms with van der Waals surface area (Å²) in [4.78, 5) is 4.20. The Bertz CT molecular complexity index is 421. The van der Waals surface area contributed by atoms with Gasteiger partial charge in [0.25, 0.3) is 0 Å². The number of pyridine rings is 1. The third kappa shape index (κ3) is 3.18. The van der Waals surface area contributed by atoms with Gasteiger partial charge in [0.1, 0.15) is 17.6 Å². The quantitative estimate of drug-likeness (QED) is 0.815. The van der Waals surface area contributed by atoms with Gasteiger partial charge in [0.15, 0.2) is 0 Å². The molecule has 4 nitrogen and oxygen atoms in total. The predicted molar refractivity (Wildman–Crippen MR) is 65.6 cm³/mol. The van der Waals surface area contributed by atoms with E-state index < -0.39 is 0 Å². The summed E-state index contributed by atoms with van der Waals surface area (Å²) in [6.07, 6.45) is 3.59. The first kappa shape index (κ1) is 11.9. The lowest BCUT2D eigenvalue weighted by atomic mass is 10.0. The Hall–Kier alpha value is -1.60. The van der Waals surface area contributed by atoms with E-state index in [0.29, 0.717) is 11.1 Å². The first-order chi connectivity index (χ1) is 8.28. The van der Waals surface area contributed by atoms with Gasteiger partial charge in [-0.2, -0.15) is 5.26 Å². The summed E-state index contributed by atoms with van der Waals surface area (Å²) in [6, 6.07) is 7.50. The molecule has 0 bridgehead atoms. The van der Waals surface area contributed by atoms with Crippen LogP contribution in [0, 0.1) is 16.7 Å². The van der Waals surface area contributed by atoms with E-state index in [1.54, 1.807) is 13.2 Å². The first-order valence-corrected chi connectivity index (χ1v) is 5.88. The van der Waals surface area contributed by atoms with Crippen molar-refractivity contribution >= 4 is 5.82 Å². The summed E-state index contributed by atoms with van der Waals surface area (Å²) in [7, 11) is 1.74. The summed E-state index contributed by atoms with van der Waals surface area (Å²) in [5, 5.41) is 12.1. The van der Waals surface area contributed by atoms with Crippen molar-refractivity contribution in [2.24, 2.45) is 5.41 Å². The van der Waals surface area contributed by atoms with Crippen LogP contribution in [0.3, 0.4) is 0 Å². The van der Waals surface area contributed by atoms with Gasteiger partial charge in [0.05, 0.1) is 0 Å². The molecule has 2 rings (SSSR count). The molecule has 1 aliphatic rings. The lowest BCUT2D eigenvalue weighted by Gasteiger charge is -2.15. The van der Waals surface area contributed by atoms with Crippen LogP contribution in [-0.4, -0.2) is 25.2 Å². The van der Waals surface area contributed by atoms with Gasteiger partial charge < -0.3 is 10.1 Å². The van der Waals surface area contributed by atoms with Crippen LogP contribution in [0.25, 0.3) is 0 Å². The number of nitrogens with zero attached hydrogens (tertiary/aromatic N) is 2. The number of hydrogen-bond donors (Lipinski definition) is 1. The average Bonchev–Trinajstić information content (AvgIpc) is 3.15. The Morgan fingerprint density at radius 3 is 3.00 bits per heavy atom. The number of ether oxygens (including phenoxy) is 1. The van der Waals surface area contributed by atoms with Gasteiger partial charge in [-0.15, -0.1) is 0 Å². The molecule has 0 amide bonds. The van der Waals surface area contributed by atoms with E-state index in [-0.39, 0.29) is 0 Å². The van der Waals surface area contributed by atoms with E-state index >= 15 is 0 Å². The van der Waals surface area contributed by atoms with Crippen molar-refractivity contribution < 1.29 is 4.74 Å². The van der Waals surface area contributed by atoms with E-state index in [4.69, 9.17) is 10.00 Å². The van der Waals surface area contributed by atoms with Crippen LogP contribution in [0.5, 0.6) is 0 Å². The van der Waals surface area contributed by atoms with Crippen LogP contribution in [-0.2, 0) is 4.74 Å². The molecule has 1 N–H and O–H groups in total. The Kier molecular flexibility index (Phi) is 3.60. The monoisotopic (exact) mass is 231 g/mol. The van der Waals surface area contributed by atoms with Crippen LogP contribution in [0.1, 0.15) is 25.0 Å². The molecule has 0 spiro atoms. The standard InChI is InChI=1S/C13H17N3O/c1-17-8-7-13(5-6-13)10-15-12-4-2-3-11(9-14)16-12/h2-4H,5-8,10H2,1H3,(H,15,16). The molecule has 1 aromatic rings. The number of hydrogen-bond acceptors (Lipinski definition) is 4. The zero-order chi connectivity index (χ0) is 12.1. The van der Waals surface area contributed by atoms with Crippen LogP contribution in [0.2, 0.25) is 0 Å². The fraction of sp³-hybridized carbons (Fsp3) is 0.538. The van der Waals surface area contributed by atoms with Gasteiger partial charge in [0, 0.05) is 20.3 Å². The van der Waals surface area contributed by atoms with Crippen molar-refractivity contribution in [3.05, 3.63) is 23.9 Å². The van der Waals surface area contributed by atoms with Gasteiger partial charge >= 0.3 is 0 Å². The smallest absolute Gasteiger partial charge is 0.142 e. The van der Waals surface area contributed by atoms with Crippen molar-refractivity contribution in [1.82, 2.24) is 4.98 Å². The number of rotatable bonds is 6. The second kappa shape index (κ2) is 5.15. The largest absolute Gasteiger partial charge is 0.385 e. The van der Waals surface area contributed by atoms with E-state index in [1.165, 1.54) is 12.8 Å². The lowest BCUT2D eigenvalue weighted by Crippen LogP contribution is -2.17. The van der Waals surface area contributed by atoms with Crippen LogP contribution in [0.15, 0.2) is 18.2 Å². The molecule has 1 aromatic heterocycles. The normalized spacial score (nSPS) is 16.2. The fourth-order valence-corrected chi connectivity index (χ4v) is 1.88. The number of nitrogens with one attached hydrogen (secondary N) is 1. The highest BCUT2D eigenvalue weighted by molar-refractivity contribution is 5.38. The molecule has 4 heteroatoms. The van der Waals surface area contributed by atoms with E-state index in [9.17, 15) is 0 Å². The van der Waals surface area contributed by atoms with Crippen molar-refractivity contribution in [2.75, 3.05) is 25.6 Å². The topological polar surface area (TPSA) is 57.9 Å². The molecule has 1 fully saturated rings. The number of anilines is 1. The van der Waals surface area contributed by atoms with Crippen molar-refractivity contribution in [2.45, 2.75) is 19.3 Å². The minimum atomic E-state index is 0.389. The minimum Gasteiger partial charge on any atom is -0.385 e. The van der Waals surface area contributed by atoms with Gasteiger partial charge in [-0.05, 0) is 36.8 Å². The molecule has 17 heavy (non-hydrogen) atoms. The molecule has 0 aromatic carbocycles. The van der Waals surface area contributed by atoms with E-state index in [0.717, 1.165) is 25.4 Å². The second-order valence-corrected chi connectivity index (χ2v) is 4.62. The van der Waals surface area contributed by atoms with Crippen LogP contribution in [0.4, 0.5) is 5.82 Å². The third-order valence-electron chi connectivity index (χ3n) is 3.30. The molecule has 1 heterocycles. The zero-order valence-electron chi connectivity index (χ0n) is 10.1. The summed E-state index contributed by atoms with van der Waals surface area (Å²) in [5.41, 5.74) is 0.845. The maximum absolute atomic E-state index is 8.76. The lowest BCUT2D eigenvalue weighted by molar-refractivity contribution is 0.175. The molecule has 1 aliphatic carbocycles. The summed E-state index contributed by atoms with van der Waals surface area (Å²) < 4.78 is 5.12. The molecule has 0 aliphatic heterocycles. The minimum absolute atomic E-state index is 0.389. The highest BCUT2D eigenvalue weighted by Gasteiger charge is 2.41. The fourth-order valence-electron chi connectivity index (χ4n) is 1.88. The van der Waals surface area contributed by atoms with Crippen molar-refractivity contribution in [1.29, 1.82) is 5.26 Å². The van der Waals surface area contributed by atoms with Gasteiger partial charge in [-0.1, -0.05) is 6.07 Å². The molecule has 0 radical (unpaired) electrons. The molecule has 0 saturated heterocycles. The Balaban J connectivity index is 1.87. The summed E-state index contributed by atoms with van der Waals surface area (Å²) in [6.45, 7) is 1.73. The summed E-state index contributed by atoms with van der Waals surface area (Å²) in [5.74, 6) is 0.785. The number of aromatic nitrogens is 1. The predicted octanol–water partition coefficient (Wildman–Crippen LogP) is 2.18. The third-order valence-corrected chi connectivity index (χ3v) is 3.30. The van der Waals surface area contributed by atoms with Gasteiger partial charge in [-0.25, -0.2) is 4.98 Å². The highest BCUT2D eigenvalue weighted by Crippen LogP contribution is 2.48. The van der Waals surface area contributed by atoms with Crippen LogP contribution < -0.4 is 5.32 Å². The molecule has 0 atom stereocenters. The summed E-state index contributed by atoms with van der Waals surface area (Å²) >= 11 is 0. The average molecular weight is 231 g/mol. The van der Waals surface area contributed by atoms with Crippen molar-refractivity contribution in [3.8, 4) is 6.07 Å². The molecular weight excluding hydrogens is 214 g/mol. The Morgan fingerprint density at radius 1 is 1.53 bits per heavy atom. The number of methoxy groups -OCH3 is 1. The van der Waals surface area contributed by atoms with E-state index in [1.807, 2.05) is 18.2 Å². The molecule has 90 valence electrons. The molecule has 1 saturated carbocycles. The van der Waals surface area contributed by atoms with Crippen LogP contribution >= 0.6 is 0 Å². The van der Waals surface area contributed by atoms with Crippen molar-refractivity contribution in [3.63, 3.8) is 0 Å². The van der Waals surface area contributed by atoms with Gasteiger partial charge in [-0.3, -0.25) is 0 Å². The molecular formula is C13H17N3O. The molecule has 0 unspecified atom stereocenters. The maximum atomic E-state index is 8.76. The Morgan fingerprint density at radius 2 is 2.35 bits per heavy atom. The van der Waals surface area contributed by atoms with Gasteiger partial charge in [0.2, 0.25) is 0 Å². The maximum Gasteiger partial charge on any atom is 0.142 e. The first-order valence-electron chi connectivity index (χ1n) is 5.88. The zero-order valence-corrected chi connectivity index (χ0v) is 10.1. The second-order valence-electron chi connectivity index (χ2n) is 4.62. The SMILES string of the molecule is COCCC1(CNc2cccc(C#N)n2)CC1. The van der Waals surface area contributed by atoms with E-state index in [2.05, 4.69) is 10.3 Å².